The van der Waals surface area contributed by atoms with Crippen molar-refractivity contribution in [2.45, 2.75) is 19.3 Å². The van der Waals surface area contributed by atoms with Gasteiger partial charge in [0.05, 0.1) is 6.61 Å². The van der Waals surface area contributed by atoms with Gasteiger partial charge in [0.25, 0.3) is 0 Å². The van der Waals surface area contributed by atoms with Crippen LogP contribution in [0.15, 0.2) is 67.3 Å². The highest BCUT2D eigenvalue weighted by atomic mass is 16.5. The smallest absolute Gasteiger partial charge is 0.320 e. The van der Waals surface area contributed by atoms with Crippen molar-refractivity contribution >= 4 is 11.5 Å². The van der Waals surface area contributed by atoms with Crippen LogP contribution >= 0.6 is 0 Å². The predicted molar refractivity (Wildman–Crippen MR) is 89.2 cm³/mol. The fourth-order valence-electron chi connectivity index (χ4n) is 3.21. The molecule has 1 atom stereocenters. The normalized spacial score (nSPS) is 22.4. The van der Waals surface area contributed by atoms with Gasteiger partial charge in [-0.2, -0.15) is 0 Å². The minimum absolute atomic E-state index is 0.168. The van der Waals surface area contributed by atoms with Crippen molar-refractivity contribution in [3.05, 3.63) is 78.4 Å². The maximum absolute atomic E-state index is 12.8. The zero-order chi connectivity index (χ0) is 15.6. The summed E-state index contributed by atoms with van der Waals surface area (Å²) in [5.41, 5.74) is 3.69. The van der Waals surface area contributed by atoms with Crippen LogP contribution in [0, 0.1) is 5.41 Å². The van der Waals surface area contributed by atoms with Gasteiger partial charge < -0.3 is 4.74 Å². The Morgan fingerprint density at radius 2 is 2.18 bits per heavy atom. The fraction of sp³-hybridized carbons (Fsp3) is 0.250. The summed E-state index contributed by atoms with van der Waals surface area (Å²) in [6.45, 7) is 8.06. The highest BCUT2D eigenvalue weighted by molar-refractivity contribution is 5.99. The van der Waals surface area contributed by atoms with Crippen LogP contribution in [-0.2, 0) is 16.0 Å². The zero-order valence-electron chi connectivity index (χ0n) is 12.7. The van der Waals surface area contributed by atoms with Gasteiger partial charge in [-0.3, -0.25) is 4.79 Å². The molecule has 0 amide bonds. The van der Waals surface area contributed by atoms with Crippen LogP contribution in [0.2, 0.25) is 0 Å². The lowest BCUT2D eigenvalue weighted by Gasteiger charge is -2.38. The Balaban J connectivity index is 2.01. The monoisotopic (exact) mass is 292 g/mol. The molecule has 2 aliphatic rings. The minimum atomic E-state index is -0.670. The second kappa shape index (κ2) is 5.80. The molecule has 0 saturated heterocycles. The van der Waals surface area contributed by atoms with Crippen LogP contribution in [-0.4, -0.2) is 12.6 Å². The molecule has 2 nitrogen and oxygen atoms in total. The third-order valence-electron chi connectivity index (χ3n) is 4.41. The number of carbonyl (C=O) groups excluding carboxylic acids is 1. The third-order valence-corrected chi connectivity index (χ3v) is 4.41. The fourth-order valence-corrected chi connectivity index (χ4v) is 3.21. The Hall–Kier alpha value is -2.35. The number of aryl methyl sites for hydroxylation is 1. The van der Waals surface area contributed by atoms with E-state index in [-0.39, 0.29) is 5.97 Å². The van der Waals surface area contributed by atoms with Crippen molar-refractivity contribution in [3.63, 3.8) is 0 Å². The van der Waals surface area contributed by atoms with E-state index in [0.29, 0.717) is 13.0 Å². The average molecular weight is 292 g/mol. The molecule has 2 aliphatic carbocycles. The lowest BCUT2D eigenvalue weighted by Crippen LogP contribution is -2.37. The number of hydrogen-bond acceptors (Lipinski definition) is 2. The molecule has 3 rings (SSSR count). The van der Waals surface area contributed by atoms with Crippen molar-refractivity contribution in [1.29, 1.82) is 0 Å². The Bertz CT molecular complexity index is 693. The van der Waals surface area contributed by atoms with Crippen molar-refractivity contribution < 1.29 is 9.53 Å². The summed E-state index contributed by atoms with van der Waals surface area (Å²) in [5, 5.41) is 0. The minimum Gasteiger partial charge on any atom is -0.464 e. The van der Waals surface area contributed by atoms with Crippen LogP contribution in [0.1, 0.15) is 24.0 Å². The topological polar surface area (TPSA) is 26.3 Å². The first-order valence-corrected chi connectivity index (χ1v) is 7.64. The molecule has 0 radical (unpaired) electrons. The van der Waals surface area contributed by atoms with Gasteiger partial charge in [-0.15, -0.1) is 6.58 Å². The van der Waals surface area contributed by atoms with Crippen LogP contribution in [0.4, 0.5) is 0 Å². The van der Waals surface area contributed by atoms with E-state index in [9.17, 15) is 4.79 Å². The summed E-state index contributed by atoms with van der Waals surface area (Å²) in [7, 11) is 0. The number of rotatable bonds is 4. The molecule has 0 fully saturated rings. The average Bonchev–Trinajstić information content (AvgIpc) is 2.55. The lowest BCUT2D eigenvalue weighted by molar-refractivity contribution is -0.150. The molecule has 0 spiro atoms. The van der Waals surface area contributed by atoms with E-state index in [0.717, 1.165) is 29.6 Å². The van der Waals surface area contributed by atoms with Crippen LogP contribution < -0.4 is 0 Å². The summed E-state index contributed by atoms with van der Waals surface area (Å²) >= 11 is 0. The van der Waals surface area contributed by atoms with Crippen LogP contribution in [0.25, 0.3) is 5.57 Å². The molecule has 22 heavy (non-hydrogen) atoms. The number of esters is 1. The van der Waals surface area contributed by atoms with Gasteiger partial charge in [-0.1, -0.05) is 55.1 Å². The molecule has 2 heteroatoms. The van der Waals surface area contributed by atoms with Gasteiger partial charge in [0.1, 0.15) is 5.41 Å². The van der Waals surface area contributed by atoms with Gasteiger partial charge in [0, 0.05) is 0 Å². The van der Waals surface area contributed by atoms with Gasteiger partial charge in [-0.25, -0.2) is 0 Å². The highest BCUT2D eigenvalue weighted by Gasteiger charge is 2.45. The van der Waals surface area contributed by atoms with E-state index < -0.39 is 5.41 Å². The number of benzene rings is 1. The summed E-state index contributed by atoms with van der Waals surface area (Å²) in [4.78, 5) is 12.8. The largest absolute Gasteiger partial charge is 0.464 e. The van der Waals surface area contributed by atoms with Crippen molar-refractivity contribution in [2.24, 2.45) is 5.41 Å². The number of ether oxygens (including phenoxy) is 1. The zero-order valence-corrected chi connectivity index (χ0v) is 12.7. The van der Waals surface area contributed by atoms with Crippen molar-refractivity contribution in [3.8, 4) is 0 Å². The molecule has 112 valence electrons. The SMILES string of the molecule is C=CCCOC(=O)C12C=CC(=C)C=C1c1ccccc1CC2. The van der Waals surface area contributed by atoms with Gasteiger partial charge in [0.15, 0.2) is 0 Å². The van der Waals surface area contributed by atoms with E-state index in [1.54, 1.807) is 6.08 Å². The van der Waals surface area contributed by atoms with E-state index >= 15 is 0 Å². The molecular formula is C20H20O2. The number of allylic oxidation sites excluding steroid dienone is 3. The second-order valence-corrected chi connectivity index (χ2v) is 5.81. The van der Waals surface area contributed by atoms with Crippen molar-refractivity contribution in [2.75, 3.05) is 6.61 Å². The summed E-state index contributed by atoms with van der Waals surface area (Å²) in [6.07, 6.45) is 9.97. The molecule has 0 N–H and O–H groups in total. The lowest BCUT2D eigenvalue weighted by atomic mass is 9.65. The molecular weight excluding hydrogens is 272 g/mol. The highest BCUT2D eigenvalue weighted by Crippen LogP contribution is 2.49. The number of fused-ring (bicyclic) bond motifs is 3. The molecule has 0 aliphatic heterocycles. The second-order valence-electron chi connectivity index (χ2n) is 5.81. The maximum atomic E-state index is 12.8. The first kappa shape index (κ1) is 14.6. The molecule has 0 saturated carbocycles. The van der Waals surface area contributed by atoms with Gasteiger partial charge >= 0.3 is 5.97 Å². The molecule has 1 aromatic carbocycles. The Kier molecular flexibility index (Phi) is 3.84. The van der Waals surface area contributed by atoms with Gasteiger partial charge in [0.2, 0.25) is 0 Å². The van der Waals surface area contributed by atoms with E-state index in [1.165, 1.54) is 5.56 Å². The van der Waals surface area contributed by atoms with Crippen molar-refractivity contribution in [1.82, 2.24) is 0 Å². The van der Waals surface area contributed by atoms with E-state index in [2.05, 4.69) is 25.3 Å². The number of hydrogen-bond donors (Lipinski definition) is 0. The molecule has 0 heterocycles. The molecule has 1 unspecified atom stereocenters. The Morgan fingerprint density at radius 1 is 1.36 bits per heavy atom. The Labute approximate surface area is 131 Å². The molecule has 0 bridgehead atoms. The van der Waals surface area contributed by atoms with E-state index in [4.69, 9.17) is 4.74 Å². The molecule has 0 aromatic heterocycles. The van der Waals surface area contributed by atoms with Crippen LogP contribution in [0.5, 0.6) is 0 Å². The van der Waals surface area contributed by atoms with Crippen LogP contribution in [0.3, 0.4) is 0 Å². The summed E-state index contributed by atoms with van der Waals surface area (Å²) < 4.78 is 5.50. The van der Waals surface area contributed by atoms with Gasteiger partial charge in [-0.05, 0) is 41.5 Å². The number of carbonyl (C=O) groups is 1. The summed E-state index contributed by atoms with van der Waals surface area (Å²) in [5.74, 6) is -0.168. The standard InChI is InChI=1S/C20H20O2/c1-3-4-13-22-19(21)20-11-9-15(2)14-18(20)17-8-6-5-7-16(17)10-12-20/h3,5-9,11,14H,1-2,4,10,12-13H2. The van der Waals surface area contributed by atoms with E-state index in [1.807, 2.05) is 30.4 Å². The molecule has 1 aromatic rings. The third kappa shape index (κ3) is 2.35. The Morgan fingerprint density at radius 3 is 3.00 bits per heavy atom. The first-order valence-electron chi connectivity index (χ1n) is 7.64. The first-order chi connectivity index (χ1) is 10.7. The maximum Gasteiger partial charge on any atom is 0.320 e. The quantitative estimate of drug-likeness (QED) is 0.471. The summed E-state index contributed by atoms with van der Waals surface area (Å²) in [6, 6.07) is 8.27. The predicted octanol–water partition coefficient (Wildman–Crippen LogP) is 4.25.